The van der Waals surface area contributed by atoms with Gasteiger partial charge in [0.25, 0.3) is 16.0 Å². The summed E-state index contributed by atoms with van der Waals surface area (Å²) in [5.74, 6) is -0.999. The first-order valence-electron chi connectivity index (χ1n) is 5.76. The molecule has 0 atom stereocenters. The first kappa shape index (κ1) is 16.0. The number of hydrogen-bond acceptors (Lipinski definition) is 6. The van der Waals surface area contributed by atoms with Crippen molar-refractivity contribution in [3.63, 3.8) is 0 Å². The van der Waals surface area contributed by atoms with Crippen molar-refractivity contribution in [2.24, 2.45) is 0 Å². The summed E-state index contributed by atoms with van der Waals surface area (Å²) in [4.78, 5) is 13.5. The molecule has 0 radical (unpaired) electrons. The van der Waals surface area contributed by atoms with E-state index in [2.05, 4.69) is 0 Å². The minimum Gasteiger partial charge on any atom is -0.507 e. The molecule has 1 aromatic carbocycles. The van der Waals surface area contributed by atoms with E-state index in [1.807, 2.05) is 0 Å². The molecule has 1 aromatic rings. The number of phenolic OH excluding ortho intramolecular Hbond substituents is 1. The summed E-state index contributed by atoms with van der Waals surface area (Å²) >= 11 is 6.04. The van der Waals surface area contributed by atoms with Crippen molar-refractivity contribution in [3.8, 4) is 5.75 Å². The molecular weight excluding hydrogens is 334 g/mol. The molecule has 1 heterocycles. The van der Waals surface area contributed by atoms with Crippen molar-refractivity contribution < 1.29 is 22.9 Å². The quantitative estimate of drug-likeness (QED) is 0.485. The number of nitrogens with zero attached hydrogens (tertiary/aromatic N) is 1. The fraction of sp³-hybridized carbons (Fsp3) is 0.167. The van der Waals surface area contributed by atoms with E-state index in [0.29, 0.717) is 5.56 Å². The molecule has 21 heavy (non-hydrogen) atoms. The van der Waals surface area contributed by atoms with Crippen LogP contribution in [0.15, 0.2) is 29.2 Å². The van der Waals surface area contributed by atoms with E-state index in [1.165, 1.54) is 12.1 Å². The zero-order valence-electron chi connectivity index (χ0n) is 10.6. The van der Waals surface area contributed by atoms with Crippen LogP contribution in [0.5, 0.6) is 5.75 Å². The van der Waals surface area contributed by atoms with E-state index < -0.39 is 21.8 Å². The number of thioether (sulfide) groups is 1. The molecule has 112 valence electrons. The molecule has 1 aliphatic heterocycles. The summed E-state index contributed by atoms with van der Waals surface area (Å²) in [6, 6.07) is 6.50. The van der Waals surface area contributed by atoms with Gasteiger partial charge in [0.15, 0.2) is 0 Å². The number of thiocarbonyl (C=S) groups is 1. The van der Waals surface area contributed by atoms with Gasteiger partial charge in [0.1, 0.15) is 10.1 Å². The SMILES string of the molecule is O=C1/C(=C/c2ccccc2O)SC(=S)N1CCS(=O)(=O)O. The second kappa shape index (κ2) is 6.14. The van der Waals surface area contributed by atoms with Crippen LogP contribution >= 0.6 is 24.0 Å². The predicted molar refractivity (Wildman–Crippen MR) is 84.4 cm³/mol. The lowest BCUT2D eigenvalue weighted by Gasteiger charge is -2.12. The summed E-state index contributed by atoms with van der Waals surface area (Å²) in [6.07, 6.45) is 1.49. The van der Waals surface area contributed by atoms with Gasteiger partial charge >= 0.3 is 0 Å². The Bertz CT molecular complexity index is 726. The zero-order valence-corrected chi connectivity index (χ0v) is 13.0. The highest BCUT2D eigenvalue weighted by Crippen LogP contribution is 2.33. The maximum atomic E-state index is 12.1. The van der Waals surface area contributed by atoms with E-state index in [1.54, 1.807) is 18.2 Å². The number of amides is 1. The maximum absolute atomic E-state index is 12.1. The molecule has 6 nitrogen and oxygen atoms in total. The Kier molecular flexibility index (Phi) is 4.67. The Labute approximate surface area is 131 Å². The smallest absolute Gasteiger partial charge is 0.266 e. The summed E-state index contributed by atoms with van der Waals surface area (Å²) in [5.41, 5.74) is 0.466. The van der Waals surface area contributed by atoms with Crippen molar-refractivity contribution >= 4 is 50.4 Å². The topological polar surface area (TPSA) is 94.9 Å². The van der Waals surface area contributed by atoms with Gasteiger partial charge in [-0.2, -0.15) is 8.42 Å². The normalized spacial score (nSPS) is 17.8. The van der Waals surface area contributed by atoms with Crippen LogP contribution in [0.2, 0.25) is 0 Å². The third kappa shape index (κ3) is 4.03. The van der Waals surface area contributed by atoms with E-state index >= 15 is 0 Å². The summed E-state index contributed by atoms with van der Waals surface area (Å²) in [5, 5.41) is 9.67. The van der Waals surface area contributed by atoms with Crippen LogP contribution in [0.4, 0.5) is 0 Å². The van der Waals surface area contributed by atoms with E-state index in [0.717, 1.165) is 16.7 Å². The van der Waals surface area contributed by atoms with Crippen molar-refractivity contribution in [3.05, 3.63) is 34.7 Å². The van der Waals surface area contributed by atoms with Crippen molar-refractivity contribution in [2.75, 3.05) is 12.3 Å². The highest BCUT2D eigenvalue weighted by atomic mass is 32.2. The molecule has 1 saturated heterocycles. The third-order valence-electron chi connectivity index (χ3n) is 2.67. The Hall–Kier alpha value is -1.42. The summed E-state index contributed by atoms with van der Waals surface area (Å²) in [6.45, 7) is -0.207. The largest absolute Gasteiger partial charge is 0.507 e. The number of benzene rings is 1. The Morgan fingerprint density at radius 2 is 2.00 bits per heavy atom. The Morgan fingerprint density at radius 1 is 1.33 bits per heavy atom. The highest BCUT2D eigenvalue weighted by Gasteiger charge is 2.32. The van der Waals surface area contributed by atoms with E-state index in [-0.39, 0.29) is 21.5 Å². The number of carbonyl (C=O) groups is 1. The molecule has 0 aliphatic carbocycles. The number of aromatic hydroxyl groups is 1. The van der Waals surface area contributed by atoms with Crippen molar-refractivity contribution in [1.82, 2.24) is 4.90 Å². The Balaban J connectivity index is 2.20. The van der Waals surface area contributed by atoms with Crippen LogP contribution in [0.25, 0.3) is 6.08 Å². The molecule has 1 fully saturated rings. The van der Waals surface area contributed by atoms with Gasteiger partial charge in [0, 0.05) is 12.1 Å². The van der Waals surface area contributed by atoms with Crippen LogP contribution in [0.3, 0.4) is 0 Å². The molecule has 0 unspecified atom stereocenters. The van der Waals surface area contributed by atoms with Crippen LogP contribution in [0.1, 0.15) is 5.56 Å². The molecule has 0 spiro atoms. The lowest BCUT2D eigenvalue weighted by atomic mass is 10.2. The number of carbonyl (C=O) groups excluding carboxylic acids is 1. The number of hydrogen-bond donors (Lipinski definition) is 2. The van der Waals surface area contributed by atoms with Gasteiger partial charge in [-0.25, -0.2) is 0 Å². The molecule has 1 aliphatic rings. The molecule has 0 bridgehead atoms. The summed E-state index contributed by atoms with van der Waals surface area (Å²) < 4.78 is 30.4. The van der Waals surface area contributed by atoms with Crippen LogP contribution in [-0.2, 0) is 14.9 Å². The maximum Gasteiger partial charge on any atom is 0.266 e. The molecule has 0 aromatic heterocycles. The standard InChI is InChI=1S/C12H11NO5S3/c14-9-4-2-1-3-8(9)7-10-11(15)13(12(19)20-10)5-6-21(16,17)18/h1-4,7,14H,5-6H2,(H,16,17,18)/b10-7-. The van der Waals surface area contributed by atoms with Crippen LogP contribution in [0, 0.1) is 0 Å². The highest BCUT2D eigenvalue weighted by molar-refractivity contribution is 8.26. The van der Waals surface area contributed by atoms with Gasteiger partial charge in [-0.15, -0.1) is 0 Å². The lowest BCUT2D eigenvalue weighted by Crippen LogP contribution is -2.32. The minimum absolute atomic E-state index is 0.0284. The zero-order chi connectivity index (χ0) is 15.6. The van der Waals surface area contributed by atoms with E-state index in [4.69, 9.17) is 16.8 Å². The van der Waals surface area contributed by atoms with Crippen LogP contribution < -0.4 is 0 Å². The first-order valence-corrected chi connectivity index (χ1v) is 8.60. The average molecular weight is 345 g/mol. The number of rotatable bonds is 4. The van der Waals surface area contributed by atoms with Gasteiger partial charge in [-0.05, 0) is 12.1 Å². The van der Waals surface area contributed by atoms with Gasteiger partial charge in [-0.1, -0.05) is 42.2 Å². The molecule has 9 heteroatoms. The van der Waals surface area contributed by atoms with Gasteiger partial charge in [0.05, 0.1) is 10.7 Å². The second-order valence-corrected chi connectivity index (χ2v) is 7.43. The lowest BCUT2D eigenvalue weighted by molar-refractivity contribution is -0.121. The van der Waals surface area contributed by atoms with Gasteiger partial charge in [0.2, 0.25) is 0 Å². The second-order valence-electron chi connectivity index (χ2n) is 4.18. The van der Waals surface area contributed by atoms with Crippen LogP contribution in [-0.4, -0.2) is 45.5 Å². The molecular formula is C12H11NO5S3. The first-order chi connectivity index (χ1) is 9.78. The number of phenols is 1. The minimum atomic E-state index is -4.16. The molecule has 2 rings (SSSR count). The molecule has 1 amide bonds. The predicted octanol–water partition coefficient (Wildman–Crippen LogP) is 1.48. The van der Waals surface area contributed by atoms with E-state index in [9.17, 15) is 18.3 Å². The third-order valence-corrected chi connectivity index (χ3v) is 4.75. The number of para-hydroxylation sites is 1. The van der Waals surface area contributed by atoms with Gasteiger partial charge in [-0.3, -0.25) is 14.2 Å². The van der Waals surface area contributed by atoms with Crippen molar-refractivity contribution in [1.29, 1.82) is 0 Å². The van der Waals surface area contributed by atoms with Crippen molar-refractivity contribution in [2.45, 2.75) is 0 Å². The molecule has 2 N–H and O–H groups in total. The fourth-order valence-corrected chi connectivity index (χ4v) is 3.36. The van der Waals surface area contributed by atoms with Gasteiger partial charge < -0.3 is 5.11 Å². The Morgan fingerprint density at radius 3 is 2.62 bits per heavy atom. The summed E-state index contributed by atoms with van der Waals surface area (Å²) in [7, 11) is -4.16. The fourth-order valence-electron chi connectivity index (χ4n) is 1.65. The monoisotopic (exact) mass is 345 g/mol. The average Bonchev–Trinajstić information content (AvgIpc) is 2.64. The molecule has 0 saturated carbocycles.